The Morgan fingerprint density at radius 3 is 2.61 bits per heavy atom. The van der Waals surface area contributed by atoms with E-state index >= 15 is 0 Å². The molecule has 23 heavy (non-hydrogen) atoms. The van der Waals surface area contributed by atoms with Crippen LogP contribution in [0.25, 0.3) is 0 Å². The molecule has 5 heteroatoms. The maximum atomic E-state index is 13.6. The first-order valence-electron chi connectivity index (χ1n) is 7.52. The van der Waals surface area contributed by atoms with E-state index in [-0.39, 0.29) is 18.0 Å². The highest BCUT2D eigenvalue weighted by molar-refractivity contribution is 5.73. The summed E-state index contributed by atoms with van der Waals surface area (Å²) in [6.45, 7) is 4.82. The largest absolute Gasteiger partial charge is 0.381 e. The molecule has 1 N–H and O–H groups in total. The maximum absolute atomic E-state index is 13.6. The molecule has 0 aliphatic heterocycles. The van der Waals surface area contributed by atoms with Gasteiger partial charge in [0.2, 0.25) is 5.91 Å². The van der Waals surface area contributed by atoms with Crippen LogP contribution in [0.3, 0.4) is 0 Å². The number of nitrogens with one attached hydrogen (secondary N) is 1. The van der Waals surface area contributed by atoms with E-state index in [1.165, 1.54) is 6.07 Å². The summed E-state index contributed by atoms with van der Waals surface area (Å²) in [6, 6.07) is 11.7. The molecule has 0 radical (unpaired) electrons. The van der Waals surface area contributed by atoms with Crippen molar-refractivity contribution in [1.29, 1.82) is 0 Å². The topological polar surface area (TPSA) is 32.3 Å². The lowest BCUT2D eigenvalue weighted by Gasteiger charge is -2.19. The van der Waals surface area contributed by atoms with E-state index in [0.29, 0.717) is 13.1 Å². The number of hydrogen-bond acceptors (Lipinski definition) is 2. The Hall–Kier alpha value is -2.43. The van der Waals surface area contributed by atoms with Crippen molar-refractivity contribution in [1.82, 2.24) is 4.90 Å². The number of rotatable bonds is 6. The number of carbonyl (C=O) groups excluding carboxylic acids is 1. The Bertz CT molecular complexity index is 688. The predicted octanol–water partition coefficient (Wildman–Crippen LogP) is 3.95. The molecule has 0 unspecified atom stereocenters. The van der Waals surface area contributed by atoms with Gasteiger partial charge in [-0.15, -0.1) is 0 Å². The molecule has 0 bridgehead atoms. The zero-order valence-corrected chi connectivity index (χ0v) is 13.3. The summed E-state index contributed by atoms with van der Waals surface area (Å²) in [4.78, 5) is 13.2. The number of halogens is 2. The Balaban J connectivity index is 2.05. The second-order valence-corrected chi connectivity index (χ2v) is 5.30. The molecule has 0 aromatic heterocycles. The lowest BCUT2D eigenvalue weighted by atomic mass is 10.1. The fraction of sp³-hybridized carbons (Fsp3) is 0.278. The maximum Gasteiger partial charge on any atom is 0.219 e. The van der Waals surface area contributed by atoms with Crippen LogP contribution in [0.5, 0.6) is 0 Å². The molecule has 0 spiro atoms. The van der Waals surface area contributed by atoms with Gasteiger partial charge in [0, 0.05) is 37.8 Å². The van der Waals surface area contributed by atoms with Gasteiger partial charge >= 0.3 is 0 Å². The van der Waals surface area contributed by atoms with Crippen LogP contribution in [0.1, 0.15) is 25.0 Å². The van der Waals surface area contributed by atoms with Gasteiger partial charge in [0.25, 0.3) is 0 Å². The molecule has 0 aliphatic rings. The summed E-state index contributed by atoms with van der Waals surface area (Å²) in [5.74, 6) is -1.66. The molecule has 0 atom stereocenters. The Kier molecular flexibility index (Phi) is 5.68. The number of anilines is 1. The SMILES string of the molecule is CCN(Cc1cccc(NCc2cccc(F)c2F)c1)C(C)=O. The van der Waals surface area contributed by atoms with Gasteiger partial charge in [0.15, 0.2) is 11.6 Å². The Morgan fingerprint density at radius 1 is 1.17 bits per heavy atom. The Morgan fingerprint density at radius 2 is 1.91 bits per heavy atom. The highest BCUT2D eigenvalue weighted by atomic mass is 19.2. The Labute approximate surface area is 134 Å². The van der Waals surface area contributed by atoms with Crippen molar-refractivity contribution in [3.63, 3.8) is 0 Å². The molecule has 0 heterocycles. The van der Waals surface area contributed by atoms with E-state index in [9.17, 15) is 13.6 Å². The van der Waals surface area contributed by atoms with Crippen LogP contribution in [0.2, 0.25) is 0 Å². The minimum Gasteiger partial charge on any atom is -0.381 e. The van der Waals surface area contributed by atoms with Crippen molar-refractivity contribution in [2.45, 2.75) is 26.9 Å². The van der Waals surface area contributed by atoms with E-state index in [2.05, 4.69) is 5.32 Å². The van der Waals surface area contributed by atoms with Crippen molar-refractivity contribution in [2.75, 3.05) is 11.9 Å². The smallest absolute Gasteiger partial charge is 0.219 e. The fourth-order valence-electron chi connectivity index (χ4n) is 2.33. The number of benzene rings is 2. The van der Waals surface area contributed by atoms with Crippen molar-refractivity contribution in [3.8, 4) is 0 Å². The molecule has 2 aromatic rings. The van der Waals surface area contributed by atoms with E-state index in [1.54, 1.807) is 17.9 Å². The van der Waals surface area contributed by atoms with Gasteiger partial charge in [-0.05, 0) is 30.7 Å². The number of amides is 1. The molecule has 0 fully saturated rings. The molecule has 0 aliphatic carbocycles. The third-order valence-corrected chi connectivity index (χ3v) is 3.64. The summed E-state index contributed by atoms with van der Waals surface area (Å²) < 4.78 is 26.8. The second kappa shape index (κ2) is 7.72. The monoisotopic (exact) mass is 318 g/mol. The summed E-state index contributed by atoms with van der Waals surface area (Å²) in [7, 11) is 0. The van der Waals surface area contributed by atoms with Crippen LogP contribution >= 0.6 is 0 Å². The van der Waals surface area contributed by atoms with E-state index < -0.39 is 11.6 Å². The average molecular weight is 318 g/mol. The zero-order valence-electron chi connectivity index (χ0n) is 13.3. The van der Waals surface area contributed by atoms with Crippen molar-refractivity contribution in [2.24, 2.45) is 0 Å². The molecule has 3 nitrogen and oxygen atoms in total. The van der Waals surface area contributed by atoms with E-state index in [4.69, 9.17) is 0 Å². The van der Waals surface area contributed by atoms with E-state index in [1.807, 2.05) is 31.2 Å². The summed E-state index contributed by atoms with van der Waals surface area (Å²) >= 11 is 0. The standard InChI is InChI=1S/C18H20F2N2O/c1-3-22(13(2)23)12-14-6-4-8-16(10-14)21-11-15-7-5-9-17(19)18(15)20/h4-10,21H,3,11-12H2,1-2H3. The van der Waals surface area contributed by atoms with Crippen LogP contribution < -0.4 is 5.32 Å². The third-order valence-electron chi connectivity index (χ3n) is 3.64. The summed E-state index contributed by atoms with van der Waals surface area (Å²) in [6.07, 6.45) is 0. The van der Waals surface area contributed by atoms with Gasteiger partial charge in [-0.25, -0.2) is 8.78 Å². The van der Waals surface area contributed by atoms with Crippen LogP contribution in [0.15, 0.2) is 42.5 Å². The zero-order chi connectivity index (χ0) is 16.8. The molecule has 2 aromatic carbocycles. The lowest BCUT2D eigenvalue weighted by molar-refractivity contribution is -0.129. The molecule has 2 rings (SSSR count). The predicted molar refractivity (Wildman–Crippen MR) is 86.9 cm³/mol. The second-order valence-electron chi connectivity index (χ2n) is 5.30. The van der Waals surface area contributed by atoms with Crippen molar-refractivity contribution < 1.29 is 13.6 Å². The summed E-state index contributed by atoms with van der Waals surface area (Å²) in [5, 5.41) is 3.08. The first kappa shape index (κ1) is 16.9. The fourth-order valence-corrected chi connectivity index (χ4v) is 2.33. The lowest BCUT2D eigenvalue weighted by Crippen LogP contribution is -2.27. The molecule has 1 amide bonds. The first-order chi connectivity index (χ1) is 11.0. The van der Waals surface area contributed by atoms with Gasteiger partial charge in [-0.2, -0.15) is 0 Å². The van der Waals surface area contributed by atoms with Crippen LogP contribution in [-0.4, -0.2) is 17.4 Å². The van der Waals surface area contributed by atoms with Gasteiger partial charge in [0.05, 0.1) is 0 Å². The molecular formula is C18H20F2N2O. The number of nitrogens with zero attached hydrogens (tertiary/aromatic N) is 1. The van der Waals surface area contributed by atoms with Gasteiger partial charge < -0.3 is 10.2 Å². The molecule has 122 valence electrons. The summed E-state index contributed by atoms with van der Waals surface area (Å²) in [5.41, 5.74) is 2.05. The minimum absolute atomic E-state index is 0.0210. The van der Waals surface area contributed by atoms with Crippen molar-refractivity contribution in [3.05, 3.63) is 65.2 Å². The van der Waals surface area contributed by atoms with Crippen LogP contribution in [0.4, 0.5) is 14.5 Å². The minimum atomic E-state index is -0.849. The molecule has 0 saturated carbocycles. The van der Waals surface area contributed by atoms with E-state index in [0.717, 1.165) is 17.3 Å². The average Bonchev–Trinajstić information content (AvgIpc) is 2.54. The van der Waals surface area contributed by atoms with Crippen molar-refractivity contribution >= 4 is 11.6 Å². The quantitative estimate of drug-likeness (QED) is 0.875. The first-order valence-corrected chi connectivity index (χ1v) is 7.52. The van der Waals surface area contributed by atoms with Gasteiger partial charge in [-0.3, -0.25) is 4.79 Å². The van der Waals surface area contributed by atoms with Crippen LogP contribution in [-0.2, 0) is 17.9 Å². The van der Waals surface area contributed by atoms with Gasteiger partial charge in [0.1, 0.15) is 0 Å². The van der Waals surface area contributed by atoms with Crippen LogP contribution in [0, 0.1) is 11.6 Å². The third kappa shape index (κ3) is 4.52. The molecule has 0 saturated heterocycles. The number of carbonyl (C=O) groups is 1. The van der Waals surface area contributed by atoms with Gasteiger partial charge in [-0.1, -0.05) is 24.3 Å². The highest BCUT2D eigenvalue weighted by Crippen LogP contribution is 2.16. The molecular weight excluding hydrogens is 298 g/mol. The normalized spacial score (nSPS) is 10.4. The highest BCUT2D eigenvalue weighted by Gasteiger charge is 2.09. The number of hydrogen-bond donors (Lipinski definition) is 1.